The maximum Gasteiger partial charge on any atom is 0.308 e. The maximum atomic E-state index is 12.1. The number of carboxylic acid groups (broad SMARTS) is 1. The summed E-state index contributed by atoms with van der Waals surface area (Å²) in [5.74, 6) is -1.37. The third-order valence-electron chi connectivity index (χ3n) is 2.99. The molecule has 1 N–H and O–H groups in total. The van der Waals surface area contributed by atoms with E-state index in [0.29, 0.717) is 25.1 Å². The molecule has 2 heterocycles. The number of aromatic nitrogens is 1. The van der Waals surface area contributed by atoms with Gasteiger partial charge < -0.3 is 10.0 Å². The lowest BCUT2D eigenvalue weighted by atomic mass is 9.98. The summed E-state index contributed by atoms with van der Waals surface area (Å²) in [6.45, 7) is 0.932. The van der Waals surface area contributed by atoms with Crippen molar-refractivity contribution in [3.8, 4) is 0 Å². The number of piperidine rings is 1. The number of carbonyl (C=O) groups excluding carboxylic acids is 1. The van der Waals surface area contributed by atoms with Crippen LogP contribution in [0.25, 0.3) is 0 Å². The molecule has 1 saturated heterocycles. The molecule has 5 heteroatoms. The van der Waals surface area contributed by atoms with E-state index in [1.54, 1.807) is 29.4 Å². The molecular formula is C12H14N2O3. The van der Waals surface area contributed by atoms with Gasteiger partial charge in [0.05, 0.1) is 5.92 Å². The molecule has 0 bridgehead atoms. The van der Waals surface area contributed by atoms with Gasteiger partial charge in [0.1, 0.15) is 0 Å². The third-order valence-corrected chi connectivity index (χ3v) is 2.99. The summed E-state index contributed by atoms with van der Waals surface area (Å²) >= 11 is 0. The largest absolute Gasteiger partial charge is 0.481 e. The molecule has 1 aromatic heterocycles. The van der Waals surface area contributed by atoms with Crippen LogP contribution in [0.2, 0.25) is 0 Å². The Kier molecular flexibility index (Phi) is 3.37. The number of pyridine rings is 1. The summed E-state index contributed by atoms with van der Waals surface area (Å²) in [4.78, 5) is 28.4. The second-order valence-corrected chi connectivity index (χ2v) is 4.16. The molecule has 1 aromatic rings. The van der Waals surface area contributed by atoms with Crippen molar-refractivity contribution in [2.45, 2.75) is 12.8 Å². The van der Waals surface area contributed by atoms with Gasteiger partial charge in [-0.2, -0.15) is 0 Å². The highest BCUT2D eigenvalue weighted by Gasteiger charge is 2.28. The van der Waals surface area contributed by atoms with Gasteiger partial charge in [-0.25, -0.2) is 0 Å². The van der Waals surface area contributed by atoms with E-state index in [4.69, 9.17) is 5.11 Å². The molecule has 0 unspecified atom stereocenters. The van der Waals surface area contributed by atoms with Gasteiger partial charge in [0.25, 0.3) is 5.91 Å². The van der Waals surface area contributed by atoms with Crippen molar-refractivity contribution in [3.63, 3.8) is 0 Å². The Morgan fingerprint density at radius 2 is 2.06 bits per heavy atom. The number of carboxylic acids is 1. The maximum absolute atomic E-state index is 12.1. The van der Waals surface area contributed by atoms with E-state index in [1.807, 2.05) is 0 Å². The lowest BCUT2D eigenvalue weighted by Gasteiger charge is -2.30. The van der Waals surface area contributed by atoms with E-state index in [0.717, 1.165) is 6.42 Å². The second-order valence-electron chi connectivity index (χ2n) is 4.16. The van der Waals surface area contributed by atoms with Crippen LogP contribution in [0.5, 0.6) is 0 Å². The minimum atomic E-state index is -0.822. The van der Waals surface area contributed by atoms with Gasteiger partial charge in [-0.1, -0.05) is 0 Å². The summed E-state index contributed by atoms with van der Waals surface area (Å²) in [7, 11) is 0. The number of aliphatic carboxylic acids is 1. The number of hydrogen-bond acceptors (Lipinski definition) is 3. The Morgan fingerprint density at radius 1 is 1.35 bits per heavy atom. The molecule has 0 aliphatic carbocycles. The summed E-state index contributed by atoms with van der Waals surface area (Å²) < 4.78 is 0. The van der Waals surface area contributed by atoms with E-state index in [9.17, 15) is 9.59 Å². The lowest BCUT2D eigenvalue weighted by Crippen LogP contribution is -2.42. The van der Waals surface area contributed by atoms with Gasteiger partial charge in [0.2, 0.25) is 0 Å². The fourth-order valence-electron chi connectivity index (χ4n) is 2.04. The first-order chi connectivity index (χ1) is 8.18. The first-order valence-corrected chi connectivity index (χ1v) is 5.60. The zero-order chi connectivity index (χ0) is 12.3. The molecule has 1 fully saturated rings. The highest BCUT2D eigenvalue weighted by Crippen LogP contribution is 2.18. The van der Waals surface area contributed by atoms with Crippen molar-refractivity contribution in [1.82, 2.24) is 9.88 Å². The standard InChI is InChI=1S/C12H14N2O3/c15-11(9-3-5-13-6-4-9)14-7-1-2-10(8-14)12(16)17/h3-6,10H,1-2,7-8H2,(H,16,17)/t10-/m1/s1. The van der Waals surface area contributed by atoms with Gasteiger partial charge >= 0.3 is 5.97 Å². The number of carbonyl (C=O) groups is 2. The van der Waals surface area contributed by atoms with Crippen LogP contribution in [-0.2, 0) is 4.79 Å². The molecule has 1 atom stereocenters. The summed E-state index contributed by atoms with van der Waals surface area (Å²) in [5.41, 5.74) is 0.561. The quantitative estimate of drug-likeness (QED) is 0.829. The Morgan fingerprint density at radius 3 is 2.71 bits per heavy atom. The Labute approximate surface area is 99.1 Å². The number of nitrogens with zero attached hydrogens (tertiary/aromatic N) is 2. The summed E-state index contributed by atoms with van der Waals surface area (Å²) in [6, 6.07) is 3.29. The molecule has 2 rings (SSSR count). The molecule has 0 spiro atoms. The second kappa shape index (κ2) is 4.95. The van der Waals surface area contributed by atoms with Crippen molar-refractivity contribution < 1.29 is 14.7 Å². The van der Waals surface area contributed by atoms with E-state index >= 15 is 0 Å². The molecule has 0 saturated carbocycles. The average molecular weight is 234 g/mol. The number of hydrogen-bond donors (Lipinski definition) is 1. The Hall–Kier alpha value is -1.91. The normalized spacial score (nSPS) is 20.0. The van der Waals surface area contributed by atoms with Crippen LogP contribution in [0, 0.1) is 5.92 Å². The van der Waals surface area contributed by atoms with Crippen molar-refractivity contribution in [1.29, 1.82) is 0 Å². The van der Waals surface area contributed by atoms with Gasteiger partial charge in [0, 0.05) is 31.0 Å². The van der Waals surface area contributed by atoms with E-state index in [-0.39, 0.29) is 5.91 Å². The van der Waals surface area contributed by atoms with Crippen molar-refractivity contribution in [3.05, 3.63) is 30.1 Å². The molecule has 0 aromatic carbocycles. The topological polar surface area (TPSA) is 70.5 Å². The molecule has 90 valence electrons. The first-order valence-electron chi connectivity index (χ1n) is 5.60. The Balaban J connectivity index is 2.07. The first kappa shape index (κ1) is 11.6. The average Bonchev–Trinajstić information content (AvgIpc) is 2.39. The zero-order valence-electron chi connectivity index (χ0n) is 9.37. The Bertz CT molecular complexity index is 419. The van der Waals surface area contributed by atoms with Crippen LogP contribution >= 0.6 is 0 Å². The number of rotatable bonds is 2. The zero-order valence-corrected chi connectivity index (χ0v) is 9.37. The van der Waals surface area contributed by atoms with Crippen LogP contribution in [-0.4, -0.2) is 40.0 Å². The molecule has 1 aliphatic rings. The molecule has 1 aliphatic heterocycles. The van der Waals surface area contributed by atoms with Crippen molar-refractivity contribution in [2.24, 2.45) is 5.92 Å². The molecule has 5 nitrogen and oxygen atoms in total. The molecule has 1 amide bonds. The van der Waals surface area contributed by atoms with Crippen molar-refractivity contribution in [2.75, 3.05) is 13.1 Å². The SMILES string of the molecule is O=C(O)[C@@H]1CCCN(C(=O)c2ccncc2)C1. The van der Waals surface area contributed by atoms with E-state index in [1.165, 1.54) is 0 Å². The molecular weight excluding hydrogens is 220 g/mol. The van der Waals surface area contributed by atoms with Gasteiger partial charge in [-0.05, 0) is 25.0 Å². The van der Waals surface area contributed by atoms with Crippen LogP contribution in [0.4, 0.5) is 0 Å². The van der Waals surface area contributed by atoms with Crippen LogP contribution < -0.4 is 0 Å². The predicted molar refractivity (Wildman–Crippen MR) is 60.5 cm³/mol. The number of likely N-dealkylation sites (tertiary alicyclic amines) is 1. The highest BCUT2D eigenvalue weighted by molar-refractivity contribution is 5.94. The fraction of sp³-hybridized carbons (Fsp3) is 0.417. The van der Waals surface area contributed by atoms with E-state index < -0.39 is 11.9 Å². The van der Waals surface area contributed by atoms with E-state index in [2.05, 4.69) is 4.98 Å². The van der Waals surface area contributed by atoms with Gasteiger partial charge in [-0.3, -0.25) is 14.6 Å². The van der Waals surface area contributed by atoms with Gasteiger partial charge in [0.15, 0.2) is 0 Å². The fourth-order valence-corrected chi connectivity index (χ4v) is 2.04. The summed E-state index contributed by atoms with van der Waals surface area (Å²) in [6.07, 6.45) is 4.51. The minimum Gasteiger partial charge on any atom is -0.481 e. The molecule has 0 radical (unpaired) electrons. The highest BCUT2D eigenvalue weighted by atomic mass is 16.4. The van der Waals surface area contributed by atoms with Crippen molar-refractivity contribution >= 4 is 11.9 Å². The minimum absolute atomic E-state index is 0.113. The lowest BCUT2D eigenvalue weighted by molar-refractivity contribution is -0.143. The predicted octanol–water partition coefficient (Wildman–Crippen LogP) is 1.02. The van der Waals surface area contributed by atoms with Gasteiger partial charge in [-0.15, -0.1) is 0 Å². The monoisotopic (exact) mass is 234 g/mol. The van der Waals surface area contributed by atoms with Crippen LogP contribution in [0.15, 0.2) is 24.5 Å². The third kappa shape index (κ3) is 2.61. The van der Waals surface area contributed by atoms with Crippen LogP contribution in [0.1, 0.15) is 23.2 Å². The summed E-state index contributed by atoms with van der Waals surface area (Å²) in [5, 5.41) is 8.96. The smallest absolute Gasteiger partial charge is 0.308 e. The molecule has 17 heavy (non-hydrogen) atoms. The number of amides is 1. The van der Waals surface area contributed by atoms with Crippen LogP contribution in [0.3, 0.4) is 0 Å².